The molecule has 0 bridgehead atoms. The van der Waals surface area contributed by atoms with Gasteiger partial charge in [-0.05, 0) is 12.8 Å². The molecule has 0 fully saturated rings. The topological polar surface area (TPSA) is 98.0 Å². The van der Waals surface area contributed by atoms with Gasteiger partial charge in [-0.15, -0.1) is 0 Å². The zero-order valence-electron chi connectivity index (χ0n) is 7.39. The second-order valence-corrected chi connectivity index (χ2v) is 2.97. The van der Waals surface area contributed by atoms with E-state index in [2.05, 4.69) is 0 Å². The monoisotopic (exact) mass is 192 g/mol. The highest BCUT2D eigenvalue weighted by atomic mass is 16.4. The van der Waals surface area contributed by atoms with E-state index in [1.165, 1.54) is 0 Å². The summed E-state index contributed by atoms with van der Waals surface area (Å²) in [5.74, 6) is -1.67. The average molecular weight is 192 g/mol. The van der Waals surface area contributed by atoms with Crippen molar-refractivity contribution in [2.75, 3.05) is 13.2 Å². The molecule has 4 N–H and O–H groups in total. The van der Waals surface area contributed by atoms with E-state index in [0.29, 0.717) is 12.8 Å². The molecular formula is C8H16O5. The summed E-state index contributed by atoms with van der Waals surface area (Å²) < 4.78 is 0. The summed E-state index contributed by atoms with van der Waals surface area (Å²) >= 11 is 0. The number of aliphatic hydroxyl groups excluding tert-OH is 3. The fourth-order valence-electron chi connectivity index (χ4n) is 1.08. The summed E-state index contributed by atoms with van der Waals surface area (Å²) in [5.41, 5.74) is 0. The van der Waals surface area contributed by atoms with Gasteiger partial charge in [-0.25, -0.2) is 0 Å². The van der Waals surface area contributed by atoms with Gasteiger partial charge in [-0.3, -0.25) is 4.79 Å². The van der Waals surface area contributed by atoms with Gasteiger partial charge in [0, 0.05) is 19.1 Å². The first-order chi connectivity index (χ1) is 6.11. The Morgan fingerprint density at radius 1 is 1.31 bits per heavy atom. The van der Waals surface area contributed by atoms with E-state index in [1.54, 1.807) is 0 Å². The van der Waals surface area contributed by atoms with Crippen molar-refractivity contribution in [3.05, 3.63) is 0 Å². The molecule has 0 spiro atoms. The molecule has 5 heteroatoms. The number of aliphatic hydroxyl groups is 3. The number of carboxylic acids is 1. The molecule has 0 aromatic heterocycles. The third-order valence-corrected chi connectivity index (χ3v) is 1.87. The zero-order chi connectivity index (χ0) is 10.3. The number of carbonyl (C=O) groups is 1. The van der Waals surface area contributed by atoms with E-state index in [4.69, 9.17) is 15.3 Å². The maximum Gasteiger partial charge on any atom is 0.303 e. The highest BCUT2D eigenvalue weighted by molar-refractivity contribution is 5.67. The average Bonchev–Trinajstić information content (AvgIpc) is 2.09. The minimum atomic E-state index is -1.04. The van der Waals surface area contributed by atoms with Crippen LogP contribution in [0.5, 0.6) is 0 Å². The van der Waals surface area contributed by atoms with E-state index < -0.39 is 18.0 Å². The molecular weight excluding hydrogens is 176 g/mol. The molecule has 0 aliphatic rings. The molecule has 0 saturated heterocycles. The van der Waals surface area contributed by atoms with Gasteiger partial charge in [0.05, 0.1) is 12.5 Å². The van der Waals surface area contributed by atoms with Gasteiger partial charge in [0.15, 0.2) is 0 Å². The molecule has 0 aliphatic heterocycles. The molecule has 0 aromatic rings. The van der Waals surface area contributed by atoms with Crippen LogP contribution in [-0.2, 0) is 4.79 Å². The van der Waals surface area contributed by atoms with Crippen LogP contribution in [0.3, 0.4) is 0 Å². The minimum absolute atomic E-state index is 0.0394. The molecule has 0 heterocycles. The van der Waals surface area contributed by atoms with Crippen LogP contribution in [0.25, 0.3) is 0 Å². The molecule has 2 unspecified atom stereocenters. The zero-order valence-corrected chi connectivity index (χ0v) is 7.39. The number of carboxylic acid groups (broad SMARTS) is 1. The number of aliphatic carboxylic acids is 1. The van der Waals surface area contributed by atoms with Crippen LogP contribution >= 0.6 is 0 Å². The van der Waals surface area contributed by atoms with Gasteiger partial charge < -0.3 is 20.4 Å². The fourth-order valence-corrected chi connectivity index (χ4v) is 1.08. The molecule has 0 rings (SSSR count). The summed E-state index contributed by atoms with van der Waals surface area (Å²) in [6, 6.07) is 0. The van der Waals surface area contributed by atoms with Crippen LogP contribution in [0.15, 0.2) is 0 Å². The van der Waals surface area contributed by atoms with Crippen molar-refractivity contribution in [2.24, 2.45) is 5.92 Å². The highest BCUT2D eigenvalue weighted by Crippen LogP contribution is 2.13. The second-order valence-electron chi connectivity index (χ2n) is 2.97. The largest absolute Gasteiger partial charge is 0.481 e. The molecule has 5 nitrogen and oxygen atoms in total. The second kappa shape index (κ2) is 6.82. The first-order valence-electron chi connectivity index (χ1n) is 4.23. The van der Waals surface area contributed by atoms with E-state index in [-0.39, 0.29) is 19.6 Å². The fraction of sp³-hybridized carbons (Fsp3) is 0.875. The molecule has 78 valence electrons. The third kappa shape index (κ3) is 5.57. The van der Waals surface area contributed by atoms with Crippen LogP contribution in [0.1, 0.15) is 19.3 Å². The normalized spacial score (nSPS) is 15.3. The summed E-state index contributed by atoms with van der Waals surface area (Å²) in [4.78, 5) is 10.3. The maximum absolute atomic E-state index is 10.3. The van der Waals surface area contributed by atoms with E-state index in [0.717, 1.165) is 0 Å². The Bertz CT molecular complexity index is 147. The lowest BCUT2D eigenvalue weighted by Gasteiger charge is -2.18. The van der Waals surface area contributed by atoms with Crippen LogP contribution in [0.2, 0.25) is 0 Å². The number of rotatable bonds is 7. The van der Waals surface area contributed by atoms with Crippen LogP contribution < -0.4 is 0 Å². The first kappa shape index (κ1) is 12.3. The lowest BCUT2D eigenvalue weighted by molar-refractivity contribution is -0.139. The summed E-state index contributed by atoms with van der Waals surface area (Å²) in [7, 11) is 0. The molecule has 13 heavy (non-hydrogen) atoms. The first-order valence-corrected chi connectivity index (χ1v) is 4.23. The van der Waals surface area contributed by atoms with Gasteiger partial charge in [-0.1, -0.05) is 0 Å². The van der Waals surface area contributed by atoms with E-state index in [9.17, 15) is 9.90 Å². The highest BCUT2D eigenvalue weighted by Gasteiger charge is 2.20. The van der Waals surface area contributed by atoms with Crippen LogP contribution in [0, 0.1) is 5.92 Å². The summed E-state index contributed by atoms with van der Waals surface area (Å²) in [5, 5.41) is 35.0. The SMILES string of the molecule is O=C(O)CC(CO)C(O)CCCO. The molecule has 2 atom stereocenters. The summed E-state index contributed by atoms with van der Waals surface area (Å²) in [6.45, 7) is -0.388. The van der Waals surface area contributed by atoms with E-state index in [1.807, 2.05) is 0 Å². The van der Waals surface area contributed by atoms with E-state index >= 15 is 0 Å². The Morgan fingerprint density at radius 3 is 2.31 bits per heavy atom. The molecule has 0 saturated carbocycles. The van der Waals surface area contributed by atoms with Gasteiger partial charge >= 0.3 is 5.97 Å². The van der Waals surface area contributed by atoms with Crippen molar-refractivity contribution in [1.29, 1.82) is 0 Å². The molecule has 0 amide bonds. The lowest BCUT2D eigenvalue weighted by atomic mass is 9.96. The Hall–Kier alpha value is -0.650. The van der Waals surface area contributed by atoms with Crippen molar-refractivity contribution in [1.82, 2.24) is 0 Å². The van der Waals surface area contributed by atoms with Crippen molar-refractivity contribution >= 4 is 5.97 Å². The van der Waals surface area contributed by atoms with Crippen molar-refractivity contribution in [3.8, 4) is 0 Å². The maximum atomic E-state index is 10.3. The Morgan fingerprint density at radius 2 is 1.92 bits per heavy atom. The van der Waals surface area contributed by atoms with Crippen molar-refractivity contribution in [2.45, 2.75) is 25.4 Å². The molecule has 0 radical (unpaired) electrons. The van der Waals surface area contributed by atoms with Gasteiger partial charge in [0.25, 0.3) is 0 Å². The quantitative estimate of drug-likeness (QED) is 0.423. The third-order valence-electron chi connectivity index (χ3n) is 1.87. The smallest absolute Gasteiger partial charge is 0.303 e. The van der Waals surface area contributed by atoms with Crippen LogP contribution in [-0.4, -0.2) is 45.7 Å². The minimum Gasteiger partial charge on any atom is -0.481 e. The predicted molar refractivity (Wildman–Crippen MR) is 45.2 cm³/mol. The predicted octanol–water partition coefficient (Wildman–Crippen LogP) is -0.797. The Labute approximate surface area is 76.6 Å². The lowest BCUT2D eigenvalue weighted by Crippen LogP contribution is -2.26. The van der Waals surface area contributed by atoms with Crippen molar-refractivity contribution < 1.29 is 25.2 Å². The molecule has 0 aromatic carbocycles. The van der Waals surface area contributed by atoms with Gasteiger partial charge in [-0.2, -0.15) is 0 Å². The standard InChI is InChI=1S/C8H16O5/c9-3-1-2-7(11)6(5-10)4-8(12)13/h6-7,9-11H,1-5H2,(H,12,13). The number of hydrogen-bond donors (Lipinski definition) is 4. The Balaban J connectivity index is 3.84. The van der Waals surface area contributed by atoms with Gasteiger partial charge in [0.1, 0.15) is 0 Å². The number of hydrogen-bond acceptors (Lipinski definition) is 4. The van der Waals surface area contributed by atoms with Crippen molar-refractivity contribution in [3.63, 3.8) is 0 Å². The Kier molecular flexibility index (Phi) is 6.48. The van der Waals surface area contributed by atoms with Crippen LogP contribution in [0.4, 0.5) is 0 Å². The molecule has 0 aliphatic carbocycles. The summed E-state index contributed by atoms with van der Waals surface area (Å²) in [6.07, 6.45) is -0.372. The van der Waals surface area contributed by atoms with Gasteiger partial charge in [0.2, 0.25) is 0 Å².